The summed E-state index contributed by atoms with van der Waals surface area (Å²) in [5.74, 6) is 1.13. The van der Waals surface area contributed by atoms with E-state index in [1.807, 2.05) is 0 Å². The maximum Gasteiger partial charge on any atom is 0.205 e. The van der Waals surface area contributed by atoms with Crippen LogP contribution in [0, 0.1) is 0 Å². The minimum absolute atomic E-state index is 0.179. The molecule has 0 fully saturated rings. The van der Waals surface area contributed by atoms with Crippen LogP contribution in [0.2, 0.25) is 0 Å². The Balaban J connectivity index is 1.79. The molecule has 30 heavy (non-hydrogen) atoms. The summed E-state index contributed by atoms with van der Waals surface area (Å²) in [7, 11) is 4.58. The number of benzene rings is 1. The fourth-order valence-electron chi connectivity index (χ4n) is 4.02. The van der Waals surface area contributed by atoms with Crippen LogP contribution in [-0.4, -0.2) is 32.1 Å². The highest BCUT2D eigenvalue weighted by Crippen LogP contribution is 2.41. The van der Waals surface area contributed by atoms with E-state index in [1.165, 1.54) is 57.5 Å². The van der Waals surface area contributed by atoms with Crippen LogP contribution < -0.4 is 19.9 Å². The molecule has 0 spiro atoms. The number of ether oxygens (including phenoxy) is 3. The summed E-state index contributed by atoms with van der Waals surface area (Å²) in [6.07, 6.45) is 6.83. The number of aromatic nitrogens is 1. The molecule has 0 atom stereocenters. The van der Waals surface area contributed by atoms with Gasteiger partial charge in [-0.05, 0) is 49.4 Å². The van der Waals surface area contributed by atoms with Gasteiger partial charge in [-0.1, -0.05) is 12.8 Å². The molecular weight excluding hydrogens is 400 g/mol. The maximum absolute atomic E-state index is 13.4. The van der Waals surface area contributed by atoms with Crippen molar-refractivity contribution >= 4 is 33.0 Å². The molecule has 0 unspecified atom stereocenters. The molecule has 0 saturated heterocycles. The Hall–Kier alpha value is -2.80. The van der Waals surface area contributed by atoms with Gasteiger partial charge in [-0.2, -0.15) is 0 Å². The number of hydrogen-bond acceptors (Lipinski definition) is 7. The maximum atomic E-state index is 13.4. The van der Waals surface area contributed by atoms with E-state index < -0.39 is 0 Å². The van der Waals surface area contributed by atoms with E-state index in [1.54, 1.807) is 12.1 Å². The molecule has 0 amide bonds. The van der Waals surface area contributed by atoms with Crippen LogP contribution in [0.25, 0.3) is 10.2 Å². The lowest BCUT2D eigenvalue weighted by molar-refractivity contribution is 0.104. The van der Waals surface area contributed by atoms with Crippen molar-refractivity contribution in [2.75, 3.05) is 27.1 Å². The summed E-state index contributed by atoms with van der Waals surface area (Å²) < 4.78 is 16.1. The molecule has 2 N–H and O–H groups in total. The monoisotopic (exact) mass is 426 g/mol. The summed E-state index contributed by atoms with van der Waals surface area (Å²) in [5, 5.41) is 0.870. The van der Waals surface area contributed by atoms with E-state index in [0.29, 0.717) is 33.4 Å². The Bertz CT molecular complexity index is 1080. The smallest absolute Gasteiger partial charge is 0.205 e. The number of nitrogens with two attached hydrogens (primary N) is 1. The number of thiophene rings is 1. The predicted octanol–water partition coefficient (Wildman–Crippen LogP) is 4.79. The van der Waals surface area contributed by atoms with E-state index in [0.717, 1.165) is 35.2 Å². The molecule has 0 saturated carbocycles. The number of carbonyl (C=O) groups excluding carboxylic acids is 1. The molecule has 1 aromatic carbocycles. The Morgan fingerprint density at radius 1 is 0.967 bits per heavy atom. The molecule has 1 aliphatic carbocycles. The predicted molar refractivity (Wildman–Crippen MR) is 119 cm³/mol. The second-order valence-corrected chi connectivity index (χ2v) is 8.45. The van der Waals surface area contributed by atoms with Crippen LogP contribution >= 0.6 is 11.3 Å². The lowest BCUT2D eigenvalue weighted by Gasteiger charge is -2.13. The van der Waals surface area contributed by atoms with Crippen LogP contribution in [0.5, 0.6) is 17.2 Å². The topological polar surface area (TPSA) is 83.7 Å². The van der Waals surface area contributed by atoms with Gasteiger partial charge in [0.2, 0.25) is 11.5 Å². The molecule has 6 nitrogen and oxygen atoms in total. The van der Waals surface area contributed by atoms with Crippen molar-refractivity contribution in [3.05, 3.63) is 39.9 Å². The molecule has 2 aromatic heterocycles. The van der Waals surface area contributed by atoms with E-state index in [9.17, 15) is 4.79 Å². The summed E-state index contributed by atoms with van der Waals surface area (Å²) in [4.78, 5) is 19.6. The third-order valence-electron chi connectivity index (χ3n) is 5.63. The number of methoxy groups -OCH3 is 3. The van der Waals surface area contributed by atoms with Crippen molar-refractivity contribution in [1.82, 2.24) is 4.98 Å². The van der Waals surface area contributed by atoms with Crippen molar-refractivity contribution in [2.45, 2.75) is 38.5 Å². The van der Waals surface area contributed by atoms with Crippen molar-refractivity contribution < 1.29 is 19.0 Å². The molecule has 0 bridgehead atoms. The first-order chi connectivity index (χ1) is 14.6. The number of pyridine rings is 1. The largest absolute Gasteiger partial charge is 0.493 e. The lowest BCUT2D eigenvalue weighted by Crippen LogP contribution is -2.05. The average molecular weight is 427 g/mol. The number of nitrogen functional groups attached to an aromatic ring is 1. The third-order valence-corrected chi connectivity index (χ3v) is 6.75. The summed E-state index contributed by atoms with van der Waals surface area (Å²) in [5.41, 5.74) is 9.77. The fraction of sp³-hybridized carbons (Fsp3) is 0.391. The first kappa shape index (κ1) is 20.5. The second-order valence-electron chi connectivity index (χ2n) is 7.45. The molecule has 3 aromatic rings. The highest BCUT2D eigenvalue weighted by atomic mass is 32.1. The quantitative estimate of drug-likeness (QED) is 0.590. The Morgan fingerprint density at radius 2 is 1.63 bits per heavy atom. The van der Waals surface area contributed by atoms with Crippen LogP contribution in [0.4, 0.5) is 5.69 Å². The van der Waals surface area contributed by atoms with Crippen molar-refractivity contribution in [3.63, 3.8) is 0 Å². The summed E-state index contributed by atoms with van der Waals surface area (Å²) in [6.45, 7) is 0. The normalized spacial score (nSPS) is 14.0. The van der Waals surface area contributed by atoms with Gasteiger partial charge in [0.15, 0.2) is 11.5 Å². The first-order valence-electron chi connectivity index (χ1n) is 10.1. The summed E-state index contributed by atoms with van der Waals surface area (Å²) >= 11 is 1.35. The van der Waals surface area contributed by atoms with Crippen LogP contribution in [0.1, 0.15) is 52.2 Å². The number of carbonyl (C=O) groups is 1. The van der Waals surface area contributed by atoms with Gasteiger partial charge >= 0.3 is 0 Å². The van der Waals surface area contributed by atoms with Crippen LogP contribution in [0.15, 0.2) is 18.2 Å². The number of fused-ring (bicyclic) bond motifs is 2. The van der Waals surface area contributed by atoms with E-state index in [4.69, 9.17) is 24.9 Å². The zero-order valence-electron chi connectivity index (χ0n) is 17.5. The fourth-order valence-corrected chi connectivity index (χ4v) is 5.08. The molecule has 158 valence electrons. The van der Waals surface area contributed by atoms with Crippen molar-refractivity contribution in [1.29, 1.82) is 0 Å². The van der Waals surface area contributed by atoms with Gasteiger partial charge in [-0.3, -0.25) is 4.79 Å². The highest BCUT2D eigenvalue weighted by molar-refractivity contribution is 7.21. The first-order valence-corrected chi connectivity index (χ1v) is 10.9. The zero-order chi connectivity index (χ0) is 21.3. The van der Waals surface area contributed by atoms with Gasteiger partial charge in [0, 0.05) is 16.6 Å². The molecule has 7 heteroatoms. The number of ketones is 1. The summed E-state index contributed by atoms with van der Waals surface area (Å²) in [6, 6.07) is 5.45. The standard InChI is InChI=1S/C23H26N2O4S/c1-27-17-11-14(12-18(28-2)21(17)29-3)20(26)22-19(24)15-10-13-8-6-4-5-7-9-16(13)25-23(15)30-22/h10-12H,4-9,24H2,1-3H3. The van der Waals surface area contributed by atoms with Gasteiger partial charge < -0.3 is 19.9 Å². The van der Waals surface area contributed by atoms with E-state index >= 15 is 0 Å². The number of hydrogen-bond donors (Lipinski definition) is 1. The number of nitrogens with zero attached hydrogens (tertiary/aromatic N) is 1. The molecule has 2 heterocycles. The molecule has 0 aliphatic heterocycles. The van der Waals surface area contributed by atoms with Gasteiger partial charge in [-0.15, -0.1) is 11.3 Å². The van der Waals surface area contributed by atoms with Gasteiger partial charge in [0.25, 0.3) is 0 Å². The van der Waals surface area contributed by atoms with Gasteiger partial charge in [0.05, 0.1) is 27.0 Å². The van der Waals surface area contributed by atoms with Crippen molar-refractivity contribution in [3.8, 4) is 17.2 Å². The SMILES string of the molecule is COc1cc(C(=O)c2sc3nc4c(cc3c2N)CCCCCC4)cc(OC)c1OC. The minimum Gasteiger partial charge on any atom is -0.493 e. The second kappa shape index (κ2) is 8.52. The molecule has 1 aliphatic rings. The Morgan fingerprint density at radius 3 is 2.27 bits per heavy atom. The third kappa shape index (κ3) is 3.58. The Labute approximate surface area is 180 Å². The zero-order valence-corrected chi connectivity index (χ0v) is 18.4. The number of aryl methyl sites for hydroxylation is 2. The number of rotatable bonds is 5. The lowest BCUT2D eigenvalue weighted by atomic mass is 9.96. The molecule has 0 radical (unpaired) electrons. The average Bonchev–Trinajstić information content (AvgIpc) is 3.07. The van der Waals surface area contributed by atoms with Crippen LogP contribution in [-0.2, 0) is 12.8 Å². The van der Waals surface area contributed by atoms with Crippen LogP contribution in [0.3, 0.4) is 0 Å². The molecular formula is C23H26N2O4S. The Kier molecular flexibility index (Phi) is 5.81. The molecule has 4 rings (SSSR count). The minimum atomic E-state index is -0.179. The van der Waals surface area contributed by atoms with E-state index in [2.05, 4.69) is 6.07 Å². The highest BCUT2D eigenvalue weighted by Gasteiger charge is 2.23. The van der Waals surface area contributed by atoms with E-state index in [-0.39, 0.29) is 5.78 Å². The number of anilines is 1. The van der Waals surface area contributed by atoms with Gasteiger partial charge in [-0.25, -0.2) is 4.98 Å². The van der Waals surface area contributed by atoms with Crippen molar-refractivity contribution in [2.24, 2.45) is 0 Å². The van der Waals surface area contributed by atoms with Gasteiger partial charge in [0.1, 0.15) is 9.71 Å².